The van der Waals surface area contributed by atoms with Crippen molar-refractivity contribution in [3.8, 4) is 0 Å². The van der Waals surface area contributed by atoms with E-state index in [1.165, 1.54) is 50.1 Å². The van der Waals surface area contributed by atoms with E-state index in [1.54, 1.807) is 0 Å². The molecular weight excluding hydrogens is 336 g/mol. The molecule has 0 saturated heterocycles. The van der Waals surface area contributed by atoms with E-state index < -0.39 is 0 Å². The van der Waals surface area contributed by atoms with Crippen molar-refractivity contribution < 1.29 is 0 Å². The summed E-state index contributed by atoms with van der Waals surface area (Å²) >= 11 is 0. The molecule has 0 fully saturated rings. The smallest absolute Gasteiger partial charge is 0.00226 e. The zero-order valence-corrected chi connectivity index (χ0v) is 17.4. The second-order valence-electron chi connectivity index (χ2n) is 8.03. The summed E-state index contributed by atoms with van der Waals surface area (Å²) in [4.78, 5) is 0. The van der Waals surface area contributed by atoms with E-state index in [4.69, 9.17) is 0 Å². The number of fused-ring (bicyclic) bond motifs is 1. The number of allylic oxidation sites excluding steroid dienone is 2. The van der Waals surface area contributed by atoms with E-state index in [0.29, 0.717) is 0 Å². The molecule has 1 aliphatic rings. The lowest BCUT2D eigenvalue weighted by atomic mass is 9.93. The molecule has 0 heterocycles. The minimum atomic E-state index is 1.01. The van der Waals surface area contributed by atoms with Gasteiger partial charge in [0, 0.05) is 0 Å². The summed E-state index contributed by atoms with van der Waals surface area (Å²) in [6.07, 6.45) is 7.77. The maximum atomic E-state index is 2.42. The first-order valence-corrected chi connectivity index (χ1v) is 10.6. The van der Waals surface area contributed by atoms with Crippen LogP contribution in [-0.2, 0) is 32.1 Å². The largest absolute Gasteiger partial charge is 0.0759 e. The Morgan fingerprint density at radius 3 is 2.21 bits per heavy atom. The van der Waals surface area contributed by atoms with Crippen molar-refractivity contribution in [1.82, 2.24) is 0 Å². The van der Waals surface area contributed by atoms with E-state index in [1.807, 2.05) is 0 Å². The zero-order valence-electron chi connectivity index (χ0n) is 17.4. The Kier molecular flexibility index (Phi) is 5.48. The molecule has 0 N–H and O–H groups in total. The van der Waals surface area contributed by atoms with Crippen molar-refractivity contribution >= 4 is 5.57 Å². The molecule has 28 heavy (non-hydrogen) atoms. The average molecular weight is 367 g/mol. The van der Waals surface area contributed by atoms with E-state index in [9.17, 15) is 0 Å². The lowest BCUT2D eigenvalue weighted by Crippen LogP contribution is -1.97. The number of hydrogen-bond donors (Lipinski definition) is 0. The second kappa shape index (κ2) is 8.19. The second-order valence-corrected chi connectivity index (χ2v) is 8.03. The highest BCUT2D eigenvalue weighted by Gasteiger charge is 2.16. The molecule has 3 aromatic rings. The Labute approximate surface area is 169 Å². The Bertz CT molecular complexity index is 1020. The lowest BCUT2D eigenvalue weighted by Gasteiger charge is -2.12. The molecule has 0 aliphatic heterocycles. The van der Waals surface area contributed by atoms with Crippen molar-refractivity contribution in [3.63, 3.8) is 0 Å². The van der Waals surface area contributed by atoms with Crippen molar-refractivity contribution in [3.05, 3.63) is 111 Å². The van der Waals surface area contributed by atoms with Crippen LogP contribution >= 0.6 is 0 Å². The van der Waals surface area contributed by atoms with Gasteiger partial charge in [-0.15, -0.1) is 0 Å². The summed E-state index contributed by atoms with van der Waals surface area (Å²) in [5.41, 5.74) is 13.1. The average Bonchev–Trinajstić information content (AvgIpc) is 3.12. The molecule has 142 valence electrons. The highest BCUT2D eigenvalue weighted by molar-refractivity contribution is 5.76. The molecule has 3 aromatic carbocycles. The van der Waals surface area contributed by atoms with Crippen LogP contribution in [0.4, 0.5) is 0 Å². The van der Waals surface area contributed by atoms with Gasteiger partial charge in [-0.2, -0.15) is 0 Å². The quantitative estimate of drug-likeness (QED) is 0.445. The standard InChI is InChI=1S/C28H30/c1-4-24-13-12-23(18-25(24)5-2)17-21-9-7-10-22(16-21)19-27-15-14-26-11-6-8-20(3)28(26)27/h6-13,15-16,18H,4-5,14,17,19H2,1-3H3. The van der Waals surface area contributed by atoms with Gasteiger partial charge in [0.25, 0.3) is 0 Å². The Morgan fingerprint density at radius 1 is 0.714 bits per heavy atom. The first kappa shape index (κ1) is 18.7. The lowest BCUT2D eigenvalue weighted by molar-refractivity contribution is 1.02. The summed E-state index contributed by atoms with van der Waals surface area (Å²) in [6.45, 7) is 6.74. The molecular formula is C28H30. The minimum Gasteiger partial charge on any atom is -0.0759 e. The highest BCUT2D eigenvalue weighted by Crippen LogP contribution is 2.32. The van der Waals surface area contributed by atoms with Crippen LogP contribution in [0.2, 0.25) is 0 Å². The van der Waals surface area contributed by atoms with Crippen LogP contribution in [0.3, 0.4) is 0 Å². The number of aryl methyl sites for hydroxylation is 3. The van der Waals surface area contributed by atoms with Crippen LogP contribution < -0.4 is 0 Å². The van der Waals surface area contributed by atoms with Gasteiger partial charge >= 0.3 is 0 Å². The maximum Gasteiger partial charge on any atom is -0.00226 e. The van der Waals surface area contributed by atoms with Crippen LogP contribution in [0.15, 0.2) is 66.7 Å². The van der Waals surface area contributed by atoms with Gasteiger partial charge in [-0.25, -0.2) is 0 Å². The third-order valence-electron chi connectivity index (χ3n) is 6.08. The van der Waals surface area contributed by atoms with Crippen molar-refractivity contribution in [2.45, 2.75) is 52.9 Å². The van der Waals surface area contributed by atoms with Crippen LogP contribution in [0.1, 0.15) is 58.4 Å². The fourth-order valence-electron chi connectivity index (χ4n) is 4.62. The maximum absolute atomic E-state index is 2.42. The van der Waals surface area contributed by atoms with Crippen molar-refractivity contribution in [2.24, 2.45) is 0 Å². The van der Waals surface area contributed by atoms with Gasteiger partial charge in [-0.1, -0.05) is 80.6 Å². The molecule has 0 radical (unpaired) electrons. The molecule has 0 aromatic heterocycles. The summed E-state index contributed by atoms with van der Waals surface area (Å²) in [5, 5.41) is 0. The molecule has 0 spiro atoms. The van der Waals surface area contributed by atoms with Crippen LogP contribution in [0.5, 0.6) is 0 Å². The minimum absolute atomic E-state index is 1.01. The van der Waals surface area contributed by atoms with Gasteiger partial charge in [-0.05, 0) is 89.1 Å². The van der Waals surface area contributed by atoms with Gasteiger partial charge in [0.15, 0.2) is 0 Å². The van der Waals surface area contributed by atoms with Gasteiger partial charge in [0.05, 0.1) is 0 Å². The molecule has 4 rings (SSSR count). The fourth-order valence-corrected chi connectivity index (χ4v) is 4.62. The van der Waals surface area contributed by atoms with Gasteiger partial charge in [0.1, 0.15) is 0 Å². The third-order valence-corrected chi connectivity index (χ3v) is 6.08. The van der Waals surface area contributed by atoms with E-state index in [2.05, 4.69) is 87.5 Å². The Balaban J connectivity index is 1.54. The summed E-state index contributed by atoms with van der Waals surface area (Å²) < 4.78 is 0. The summed E-state index contributed by atoms with van der Waals surface area (Å²) in [6, 6.07) is 22.9. The van der Waals surface area contributed by atoms with E-state index >= 15 is 0 Å². The predicted molar refractivity (Wildman–Crippen MR) is 121 cm³/mol. The topological polar surface area (TPSA) is 0 Å². The van der Waals surface area contributed by atoms with Gasteiger partial charge < -0.3 is 0 Å². The zero-order chi connectivity index (χ0) is 19.5. The third kappa shape index (κ3) is 3.83. The van der Waals surface area contributed by atoms with E-state index in [-0.39, 0.29) is 0 Å². The molecule has 0 unspecified atom stereocenters. The van der Waals surface area contributed by atoms with Crippen molar-refractivity contribution in [2.75, 3.05) is 0 Å². The highest BCUT2D eigenvalue weighted by atomic mass is 14.2. The van der Waals surface area contributed by atoms with Gasteiger partial charge in [-0.3, -0.25) is 0 Å². The van der Waals surface area contributed by atoms with E-state index in [0.717, 1.165) is 32.1 Å². The molecule has 0 heteroatoms. The number of hydrogen-bond acceptors (Lipinski definition) is 0. The molecule has 0 bridgehead atoms. The summed E-state index contributed by atoms with van der Waals surface area (Å²) in [7, 11) is 0. The monoisotopic (exact) mass is 366 g/mol. The number of benzene rings is 3. The Morgan fingerprint density at radius 2 is 1.43 bits per heavy atom. The predicted octanol–water partition coefficient (Wildman–Crippen LogP) is 6.89. The SMILES string of the molecule is CCc1ccc(Cc2cccc(CC3=CCc4cccc(C)c43)c2)cc1CC. The Hall–Kier alpha value is -2.60. The molecule has 0 saturated carbocycles. The number of rotatable bonds is 6. The normalized spacial score (nSPS) is 12.8. The first-order valence-electron chi connectivity index (χ1n) is 10.6. The van der Waals surface area contributed by atoms with Crippen LogP contribution in [0.25, 0.3) is 5.57 Å². The van der Waals surface area contributed by atoms with Crippen LogP contribution in [0, 0.1) is 6.92 Å². The molecule has 1 aliphatic carbocycles. The molecule has 0 amide bonds. The molecule has 0 atom stereocenters. The first-order chi connectivity index (χ1) is 13.7. The fraction of sp³-hybridized carbons (Fsp3) is 0.286. The van der Waals surface area contributed by atoms with Crippen molar-refractivity contribution in [1.29, 1.82) is 0 Å². The molecule has 0 nitrogen and oxygen atoms in total. The summed E-state index contributed by atoms with van der Waals surface area (Å²) in [5.74, 6) is 0. The van der Waals surface area contributed by atoms with Crippen LogP contribution in [-0.4, -0.2) is 0 Å². The van der Waals surface area contributed by atoms with Gasteiger partial charge in [0.2, 0.25) is 0 Å².